The maximum atomic E-state index is 12.2. The molecule has 0 bridgehead atoms. The number of thioether (sulfide) groups is 1. The van der Waals surface area contributed by atoms with Crippen LogP contribution in [-0.2, 0) is 4.79 Å². The number of rotatable bonds is 4. The van der Waals surface area contributed by atoms with Gasteiger partial charge in [0.2, 0.25) is 0 Å². The number of carbonyl (C=O) groups is 1. The number of nitro groups is 1. The van der Waals surface area contributed by atoms with Gasteiger partial charge in [-0.05, 0) is 29.8 Å². The van der Waals surface area contributed by atoms with Gasteiger partial charge < -0.3 is 0 Å². The van der Waals surface area contributed by atoms with Crippen LogP contribution in [0.2, 0.25) is 0 Å². The minimum atomic E-state index is -0.461. The quantitative estimate of drug-likeness (QED) is 0.339. The van der Waals surface area contributed by atoms with Gasteiger partial charge in [0.05, 0.1) is 9.83 Å². The second-order valence-corrected chi connectivity index (χ2v) is 7.73. The second-order valence-electron chi connectivity index (χ2n) is 4.99. The molecule has 1 amide bonds. The molecule has 0 unspecified atom stereocenters. The van der Waals surface area contributed by atoms with Crippen molar-refractivity contribution in [3.63, 3.8) is 0 Å². The number of hydrogen-bond donors (Lipinski definition) is 0. The van der Waals surface area contributed by atoms with Gasteiger partial charge in [-0.3, -0.25) is 19.8 Å². The average Bonchev–Trinajstić information content (AvgIpc) is 2.84. The van der Waals surface area contributed by atoms with Gasteiger partial charge in [0.1, 0.15) is 9.35 Å². The molecule has 1 aliphatic heterocycles. The summed E-state index contributed by atoms with van der Waals surface area (Å²) in [5, 5.41) is 11.9. The van der Waals surface area contributed by atoms with Crippen LogP contribution in [0.4, 0.5) is 5.69 Å². The molecule has 9 heteroatoms. The number of non-ortho nitro benzene ring substituents is 1. The number of aromatic nitrogens is 1. The molecule has 2 aromatic rings. The fourth-order valence-electron chi connectivity index (χ4n) is 2.06. The third kappa shape index (κ3) is 3.89. The van der Waals surface area contributed by atoms with Gasteiger partial charge in [0.15, 0.2) is 0 Å². The number of likely N-dealkylation sites (N-methyl/N-ethyl adjacent to an activating group) is 1. The van der Waals surface area contributed by atoms with E-state index in [4.69, 9.17) is 12.2 Å². The van der Waals surface area contributed by atoms with Crippen molar-refractivity contribution in [2.24, 2.45) is 0 Å². The van der Waals surface area contributed by atoms with E-state index in [2.05, 4.69) is 4.98 Å². The number of hydrogen-bond acceptors (Lipinski definition) is 7. The molecule has 1 saturated heterocycles. The fourth-order valence-corrected chi connectivity index (χ4v) is 4.09. The van der Waals surface area contributed by atoms with E-state index in [1.165, 1.54) is 40.6 Å². The summed E-state index contributed by atoms with van der Waals surface area (Å²) in [4.78, 5) is 29.7. The Morgan fingerprint density at radius 3 is 2.76 bits per heavy atom. The van der Waals surface area contributed by atoms with E-state index in [0.29, 0.717) is 14.8 Å². The molecule has 1 fully saturated rings. The standard InChI is InChI=1S/C16H11N3O3S3/c1-18-15(20)13(25-16(18)23)9-10-8-11(19(21)22)5-6-12(10)24-14-4-2-3-7-17-14/h2-9H,1H3/b13-9+. The van der Waals surface area contributed by atoms with E-state index in [1.807, 2.05) is 18.2 Å². The Morgan fingerprint density at radius 2 is 2.16 bits per heavy atom. The molecule has 0 saturated carbocycles. The van der Waals surface area contributed by atoms with Crippen molar-refractivity contribution >= 4 is 57.7 Å². The maximum Gasteiger partial charge on any atom is 0.270 e. The number of amides is 1. The summed E-state index contributed by atoms with van der Waals surface area (Å²) in [5.74, 6) is -0.213. The summed E-state index contributed by atoms with van der Waals surface area (Å²) in [6.45, 7) is 0. The molecule has 1 aliphatic rings. The van der Waals surface area contributed by atoms with Gasteiger partial charge in [-0.25, -0.2) is 4.98 Å². The van der Waals surface area contributed by atoms with Gasteiger partial charge >= 0.3 is 0 Å². The summed E-state index contributed by atoms with van der Waals surface area (Å²) >= 11 is 7.68. The first kappa shape index (κ1) is 17.6. The summed E-state index contributed by atoms with van der Waals surface area (Å²) in [6.07, 6.45) is 3.32. The highest BCUT2D eigenvalue weighted by atomic mass is 32.2. The molecule has 25 heavy (non-hydrogen) atoms. The topological polar surface area (TPSA) is 76.3 Å². The Hall–Kier alpha value is -2.23. The Kier molecular flexibility index (Phi) is 5.16. The zero-order valence-corrected chi connectivity index (χ0v) is 15.4. The first-order valence-electron chi connectivity index (χ1n) is 7.04. The summed E-state index contributed by atoms with van der Waals surface area (Å²) in [5.41, 5.74) is 0.544. The van der Waals surface area contributed by atoms with Crippen molar-refractivity contribution in [1.82, 2.24) is 9.88 Å². The van der Waals surface area contributed by atoms with Crippen LogP contribution in [0.25, 0.3) is 6.08 Å². The molecule has 1 aromatic heterocycles. The van der Waals surface area contributed by atoms with Gasteiger partial charge in [0.25, 0.3) is 11.6 Å². The zero-order chi connectivity index (χ0) is 18.0. The smallest absolute Gasteiger partial charge is 0.270 e. The zero-order valence-electron chi connectivity index (χ0n) is 12.9. The van der Waals surface area contributed by atoms with Crippen LogP contribution < -0.4 is 0 Å². The van der Waals surface area contributed by atoms with Crippen molar-refractivity contribution in [3.8, 4) is 0 Å². The Bertz CT molecular complexity index is 900. The SMILES string of the molecule is CN1C(=O)/C(=C\c2cc([N+](=O)[O-])ccc2Sc2ccccn2)SC1=S. The van der Waals surface area contributed by atoms with E-state index in [-0.39, 0.29) is 11.6 Å². The average molecular weight is 389 g/mol. The second kappa shape index (κ2) is 7.34. The lowest BCUT2D eigenvalue weighted by atomic mass is 10.2. The molecule has 3 rings (SSSR count). The highest BCUT2D eigenvalue weighted by molar-refractivity contribution is 8.26. The Balaban J connectivity index is 2.03. The molecule has 6 nitrogen and oxygen atoms in total. The van der Waals surface area contributed by atoms with Crippen LogP contribution in [0.3, 0.4) is 0 Å². The van der Waals surface area contributed by atoms with Crippen LogP contribution in [0, 0.1) is 10.1 Å². The van der Waals surface area contributed by atoms with E-state index in [9.17, 15) is 14.9 Å². The number of pyridine rings is 1. The van der Waals surface area contributed by atoms with Crippen LogP contribution in [-0.4, -0.2) is 32.1 Å². The highest BCUT2D eigenvalue weighted by Crippen LogP contribution is 2.36. The molecule has 126 valence electrons. The number of thiocarbonyl (C=S) groups is 1. The fraction of sp³-hybridized carbons (Fsp3) is 0.0625. The summed E-state index contributed by atoms with van der Waals surface area (Å²) in [7, 11) is 1.61. The molecular weight excluding hydrogens is 378 g/mol. The first-order valence-corrected chi connectivity index (χ1v) is 9.09. The van der Waals surface area contributed by atoms with Crippen molar-refractivity contribution in [2.75, 3.05) is 7.05 Å². The third-order valence-electron chi connectivity index (χ3n) is 3.33. The molecule has 0 spiro atoms. The van der Waals surface area contributed by atoms with Crippen molar-refractivity contribution in [2.45, 2.75) is 9.92 Å². The highest BCUT2D eigenvalue weighted by Gasteiger charge is 2.29. The lowest BCUT2D eigenvalue weighted by molar-refractivity contribution is -0.384. The van der Waals surface area contributed by atoms with Crippen molar-refractivity contribution in [1.29, 1.82) is 0 Å². The molecular formula is C16H11N3O3S3. The van der Waals surface area contributed by atoms with Crippen LogP contribution >= 0.6 is 35.7 Å². The Labute approximate surface area is 157 Å². The lowest BCUT2D eigenvalue weighted by Gasteiger charge is -2.06. The molecule has 1 aromatic carbocycles. The number of benzene rings is 1. The lowest BCUT2D eigenvalue weighted by Crippen LogP contribution is -2.22. The largest absolute Gasteiger partial charge is 0.296 e. The third-order valence-corrected chi connectivity index (χ3v) is 5.86. The van der Waals surface area contributed by atoms with E-state index >= 15 is 0 Å². The monoisotopic (exact) mass is 389 g/mol. The maximum absolute atomic E-state index is 12.2. The minimum absolute atomic E-state index is 0.0383. The van der Waals surface area contributed by atoms with Crippen molar-refractivity contribution < 1.29 is 9.72 Å². The number of nitrogens with zero attached hydrogens (tertiary/aromatic N) is 3. The molecule has 0 N–H and O–H groups in total. The number of carbonyl (C=O) groups excluding carboxylic acids is 1. The molecule has 0 aliphatic carbocycles. The molecule has 2 heterocycles. The molecule has 0 atom stereocenters. The normalized spacial score (nSPS) is 15.9. The summed E-state index contributed by atoms with van der Waals surface area (Å²) in [6, 6.07) is 10.1. The Morgan fingerprint density at radius 1 is 1.36 bits per heavy atom. The van der Waals surface area contributed by atoms with E-state index < -0.39 is 4.92 Å². The predicted octanol–water partition coefficient (Wildman–Crippen LogP) is 3.97. The predicted molar refractivity (Wildman–Crippen MR) is 102 cm³/mol. The molecule has 0 radical (unpaired) electrons. The van der Waals surface area contributed by atoms with E-state index in [1.54, 1.807) is 25.4 Å². The number of nitro benzene ring substituents is 1. The van der Waals surface area contributed by atoms with Crippen molar-refractivity contribution in [3.05, 3.63) is 63.2 Å². The van der Waals surface area contributed by atoms with E-state index in [0.717, 1.165) is 9.92 Å². The van der Waals surface area contributed by atoms with Gasteiger partial charge in [-0.2, -0.15) is 0 Å². The van der Waals surface area contributed by atoms with Gasteiger partial charge in [-0.15, -0.1) is 0 Å². The van der Waals surface area contributed by atoms with Crippen LogP contribution in [0.1, 0.15) is 5.56 Å². The first-order chi connectivity index (χ1) is 12.0. The summed E-state index contributed by atoms with van der Waals surface area (Å²) < 4.78 is 0.459. The van der Waals surface area contributed by atoms with Gasteiger partial charge in [-0.1, -0.05) is 41.8 Å². The van der Waals surface area contributed by atoms with Crippen LogP contribution in [0.5, 0.6) is 0 Å². The minimum Gasteiger partial charge on any atom is -0.296 e. The van der Waals surface area contributed by atoms with Crippen LogP contribution in [0.15, 0.2) is 57.4 Å². The van der Waals surface area contributed by atoms with Gasteiger partial charge in [0, 0.05) is 30.3 Å².